The lowest BCUT2D eigenvalue weighted by Crippen LogP contribution is -2.45. The molecule has 2 fully saturated rings. The fourth-order valence-electron chi connectivity index (χ4n) is 4.39. The van der Waals surface area contributed by atoms with Crippen LogP contribution in [0.2, 0.25) is 0 Å². The number of hydrazine groups is 1. The number of pyridine rings is 1. The van der Waals surface area contributed by atoms with Crippen molar-refractivity contribution in [2.75, 3.05) is 46.2 Å². The number of nitrogen functional groups attached to an aromatic ring is 1. The van der Waals surface area contributed by atoms with E-state index in [2.05, 4.69) is 29.0 Å². The van der Waals surface area contributed by atoms with Crippen LogP contribution in [-0.4, -0.2) is 61.7 Å². The van der Waals surface area contributed by atoms with Gasteiger partial charge in [0.1, 0.15) is 5.82 Å². The Balaban J connectivity index is 1.66. The van der Waals surface area contributed by atoms with E-state index in [1.54, 1.807) is 7.11 Å². The summed E-state index contributed by atoms with van der Waals surface area (Å²) >= 11 is 0. The number of nitrogens with two attached hydrogens (primary N) is 1. The van der Waals surface area contributed by atoms with E-state index in [1.807, 2.05) is 18.2 Å². The van der Waals surface area contributed by atoms with Crippen LogP contribution in [0.15, 0.2) is 18.2 Å². The molecule has 3 heterocycles. The van der Waals surface area contributed by atoms with E-state index in [4.69, 9.17) is 19.9 Å². The van der Waals surface area contributed by atoms with Crippen LogP contribution in [0.4, 0.5) is 5.82 Å². The van der Waals surface area contributed by atoms with Crippen molar-refractivity contribution < 1.29 is 14.2 Å². The summed E-state index contributed by atoms with van der Waals surface area (Å²) in [4.78, 5) is 4.58. The molecule has 0 saturated carbocycles. The van der Waals surface area contributed by atoms with Crippen LogP contribution in [0, 0.1) is 0 Å². The third-order valence-electron chi connectivity index (χ3n) is 6.16. The van der Waals surface area contributed by atoms with Gasteiger partial charge in [0.2, 0.25) is 0 Å². The molecule has 7 nitrogen and oxygen atoms in total. The van der Waals surface area contributed by atoms with Gasteiger partial charge in [-0.2, -0.15) is 0 Å². The summed E-state index contributed by atoms with van der Waals surface area (Å²) in [5, 5.41) is 5.57. The Labute approximate surface area is 172 Å². The number of aromatic nitrogens is 1. The summed E-state index contributed by atoms with van der Waals surface area (Å²) in [6.07, 6.45) is 4.34. The van der Waals surface area contributed by atoms with E-state index in [0.29, 0.717) is 17.5 Å². The van der Waals surface area contributed by atoms with Crippen LogP contribution >= 0.6 is 0 Å². The van der Waals surface area contributed by atoms with Gasteiger partial charge in [0.15, 0.2) is 17.7 Å². The van der Waals surface area contributed by atoms with Gasteiger partial charge in [-0.3, -0.25) is 0 Å². The van der Waals surface area contributed by atoms with Gasteiger partial charge < -0.3 is 19.9 Å². The van der Waals surface area contributed by atoms with Crippen LogP contribution in [0.1, 0.15) is 44.1 Å². The van der Waals surface area contributed by atoms with Crippen LogP contribution < -0.4 is 15.2 Å². The predicted molar refractivity (Wildman–Crippen MR) is 114 cm³/mol. The number of rotatable bonds is 6. The molecule has 0 aliphatic carbocycles. The molecule has 2 saturated heterocycles. The Morgan fingerprint density at radius 3 is 2.59 bits per heavy atom. The standard InChI is InChI=1S/C22H32N4O3/c1-15(25(2)26-8-4-5-9-26)29-21-14-19-18(12-20(21)27-3)17(13-22(23)24-19)16-6-10-28-11-7-16/h12-16H,4-11H2,1-3H3,(H2,23,24). The molecular formula is C22H32N4O3. The maximum absolute atomic E-state index is 6.30. The molecule has 0 bridgehead atoms. The molecular weight excluding hydrogens is 368 g/mol. The van der Waals surface area contributed by atoms with Gasteiger partial charge in [-0.1, -0.05) is 0 Å². The number of hydrogen-bond donors (Lipinski definition) is 1. The van der Waals surface area contributed by atoms with Crippen molar-refractivity contribution in [2.24, 2.45) is 0 Å². The number of hydrogen-bond acceptors (Lipinski definition) is 7. The molecule has 2 aliphatic rings. The smallest absolute Gasteiger partial charge is 0.165 e. The van der Waals surface area contributed by atoms with Gasteiger partial charge in [0, 0.05) is 44.8 Å². The normalized spacial score (nSPS) is 19.7. The minimum Gasteiger partial charge on any atom is -0.493 e. The Bertz CT molecular complexity index is 848. The fourth-order valence-corrected chi connectivity index (χ4v) is 4.39. The third kappa shape index (κ3) is 4.27. The molecule has 7 heteroatoms. The molecule has 0 spiro atoms. The monoisotopic (exact) mass is 400 g/mol. The van der Waals surface area contributed by atoms with Crippen molar-refractivity contribution in [3.8, 4) is 11.5 Å². The van der Waals surface area contributed by atoms with Crippen molar-refractivity contribution in [3.63, 3.8) is 0 Å². The minimum absolute atomic E-state index is 0.115. The number of ether oxygens (including phenoxy) is 3. The molecule has 158 valence electrons. The summed E-state index contributed by atoms with van der Waals surface area (Å²) in [5.41, 5.74) is 8.23. The topological polar surface area (TPSA) is 73.1 Å². The van der Waals surface area contributed by atoms with Crippen molar-refractivity contribution >= 4 is 16.7 Å². The quantitative estimate of drug-likeness (QED) is 0.745. The lowest BCUT2D eigenvalue weighted by atomic mass is 9.89. The third-order valence-corrected chi connectivity index (χ3v) is 6.16. The largest absolute Gasteiger partial charge is 0.493 e. The predicted octanol–water partition coefficient (Wildman–Crippen LogP) is 3.39. The fraction of sp³-hybridized carbons (Fsp3) is 0.591. The molecule has 1 aromatic carbocycles. The average Bonchev–Trinajstić information content (AvgIpc) is 3.27. The Morgan fingerprint density at radius 2 is 1.90 bits per heavy atom. The van der Waals surface area contributed by atoms with Gasteiger partial charge in [0.25, 0.3) is 0 Å². The first-order valence-corrected chi connectivity index (χ1v) is 10.6. The number of methoxy groups -OCH3 is 1. The van der Waals surface area contributed by atoms with Gasteiger partial charge in [-0.25, -0.2) is 15.0 Å². The highest BCUT2D eigenvalue weighted by Gasteiger charge is 2.24. The van der Waals surface area contributed by atoms with Crippen molar-refractivity contribution in [1.29, 1.82) is 0 Å². The lowest BCUT2D eigenvalue weighted by molar-refractivity contribution is -0.0879. The van der Waals surface area contributed by atoms with Gasteiger partial charge in [0.05, 0.1) is 12.6 Å². The highest BCUT2D eigenvalue weighted by molar-refractivity contribution is 5.87. The van der Waals surface area contributed by atoms with Gasteiger partial charge in [-0.05, 0) is 56.2 Å². The molecule has 1 atom stereocenters. The summed E-state index contributed by atoms with van der Waals surface area (Å²) in [6.45, 7) is 5.78. The Morgan fingerprint density at radius 1 is 1.17 bits per heavy atom. The van der Waals surface area contributed by atoms with Crippen LogP contribution in [-0.2, 0) is 4.74 Å². The number of fused-ring (bicyclic) bond motifs is 1. The average molecular weight is 401 g/mol. The lowest BCUT2D eigenvalue weighted by Gasteiger charge is -2.33. The first-order valence-electron chi connectivity index (χ1n) is 10.6. The van der Waals surface area contributed by atoms with E-state index < -0.39 is 0 Å². The highest BCUT2D eigenvalue weighted by atomic mass is 16.5. The zero-order valence-corrected chi connectivity index (χ0v) is 17.7. The van der Waals surface area contributed by atoms with Crippen molar-refractivity contribution in [2.45, 2.75) is 44.8 Å². The molecule has 0 radical (unpaired) electrons. The van der Waals surface area contributed by atoms with E-state index in [9.17, 15) is 0 Å². The number of nitrogens with zero attached hydrogens (tertiary/aromatic N) is 3. The van der Waals surface area contributed by atoms with E-state index in [0.717, 1.165) is 55.8 Å². The van der Waals surface area contributed by atoms with Crippen LogP contribution in [0.3, 0.4) is 0 Å². The van der Waals surface area contributed by atoms with Crippen LogP contribution in [0.5, 0.6) is 11.5 Å². The number of benzene rings is 1. The molecule has 29 heavy (non-hydrogen) atoms. The van der Waals surface area contributed by atoms with Gasteiger partial charge >= 0.3 is 0 Å². The van der Waals surface area contributed by atoms with Crippen molar-refractivity contribution in [1.82, 2.24) is 15.0 Å². The summed E-state index contributed by atoms with van der Waals surface area (Å²) in [7, 11) is 3.75. The second-order valence-electron chi connectivity index (χ2n) is 7.99. The van der Waals surface area contributed by atoms with Crippen LogP contribution in [0.25, 0.3) is 10.9 Å². The Hall–Kier alpha value is -2.09. The Kier molecular flexibility index (Phi) is 6.08. The zero-order chi connectivity index (χ0) is 20.4. The molecule has 2 N–H and O–H groups in total. The SMILES string of the molecule is COc1cc2c(C3CCOCC3)cc(N)nc2cc1OC(C)N(C)N1CCCC1. The second-order valence-corrected chi connectivity index (χ2v) is 7.99. The minimum atomic E-state index is -0.115. The molecule has 1 unspecified atom stereocenters. The van der Waals surface area contributed by atoms with E-state index in [1.165, 1.54) is 18.4 Å². The molecule has 2 aliphatic heterocycles. The van der Waals surface area contributed by atoms with Gasteiger partial charge in [-0.15, -0.1) is 0 Å². The summed E-state index contributed by atoms with van der Waals surface area (Å²) in [5.74, 6) is 2.37. The number of anilines is 1. The molecule has 4 rings (SSSR count). The van der Waals surface area contributed by atoms with E-state index >= 15 is 0 Å². The summed E-state index contributed by atoms with van der Waals surface area (Å²) in [6, 6.07) is 6.01. The first kappa shape index (κ1) is 20.2. The van der Waals surface area contributed by atoms with Crippen molar-refractivity contribution in [3.05, 3.63) is 23.8 Å². The zero-order valence-electron chi connectivity index (χ0n) is 17.7. The molecule has 0 amide bonds. The second kappa shape index (κ2) is 8.73. The first-order chi connectivity index (χ1) is 14.1. The van der Waals surface area contributed by atoms with E-state index in [-0.39, 0.29) is 6.23 Å². The maximum Gasteiger partial charge on any atom is 0.165 e. The summed E-state index contributed by atoms with van der Waals surface area (Å²) < 4.78 is 17.5. The molecule has 2 aromatic rings. The highest BCUT2D eigenvalue weighted by Crippen LogP contribution is 2.39. The molecule has 1 aromatic heterocycles. The maximum atomic E-state index is 6.30.